The van der Waals surface area contributed by atoms with Gasteiger partial charge in [-0.15, -0.1) is 0 Å². The summed E-state index contributed by atoms with van der Waals surface area (Å²) in [4.78, 5) is 0. The maximum atomic E-state index is 12.2. The summed E-state index contributed by atoms with van der Waals surface area (Å²) in [7, 11) is -3.02. The third-order valence-corrected chi connectivity index (χ3v) is 5.73. The van der Waals surface area contributed by atoms with Crippen LogP contribution in [0.25, 0.3) is 0 Å². The molecule has 0 aromatic carbocycles. The Morgan fingerprint density at radius 2 is 2.11 bits per heavy atom. The molecule has 1 fully saturated rings. The molecule has 1 aliphatic rings. The Hall–Kier alpha value is -0.130. The summed E-state index contributed by atoms with van der Waals surface area (Å²) in [6.07, 6.45) is 3.83. The molecule has 0 spiro atoms. The van der Waals surface area contributed by atoms with Gasteiger partial charge in [0.2, 0.25) is 10.0 Å². The van der Waals surface area contributed by atoms with E-state index in [9.17, 15) is 8.42 Å². The fraction of sp³-hybridized carbons (Fsp3) is 1.00. The first-order valence-corrected chi connectivity index (χ1v) is 8.83. The normalized spacial score (nSPS) is 24.1. The van der Waals surface area contributed by atoms with Gasteiger partial charge in [0.15, 0.2) is 0 Å². The van der Waals surface area contributed by atoms with Gasteiger partial charge in [-0.1, -0.05) is 20.3 Å². The molecular formula is C13H28N2O2S. The number of nitrogens with zero attached hydrogens (tertiary/aromatic N) is 1. The van der Waals surface area contributed by atoms with E-state index in [2.05, 4.69) is 19.2 Å². The van der Waals surface area contributed by atoms with Crippen molar-refractivity contribution in [1.29, 1.82) is 0 Å². The smallest absolute Gasteiger partial charge is 0.214 e. The van der Waals surface area contributed by atoms with Crippen LogP contribution in [0, 0.1) is 5.92 Å². The summed E-state index contributed by atoms with van der Waals surface area (Å²) in [6.45, 7) is 8.63. The van der Waals surface area contributed by atoms with Crippen molar-refractivity contribution in [2.24, 2.45) is 5.92 Å². The number of piperidine rings is 1. The van der Waals surface area contributed by atoms with Crippen molar-refractivity contribution in [3.8, 4) is 0 Å². The van der Waals surface area contributed by atoms with Crippen LogP contribution in [0.15, 0.2) is 0 Å². The average molecular weight is 276 g/mol. The van der Waals surface area contributed by atoms with E-state index >= 15 is 0 Å². The van der Waals surface area contributed by atoms with E-state index in [1.807, 2.05) is 6.92 Å². The van der Waals surface area contributed by atoms with Gasteiger partial charge in [-0.3, -0.25) is 0 Å². The highest BCUT2D eigenvalue weighted by molar-refractivity contribution is 7.89. The molecule has 0 saturated carbocycles. The van der Waals surface area contributed by atoms with Crippen LogP contribution in [0.4, 0.5) is 0 Å². The standard InChI is InChI=1S/C13H28N2O2S/c1-4-6-10-18(16,17)15-9-7-8-13(11-15)12(3)14-5-2/h12-14H,4-11H2,1-3H3. The lowest BCUT2D eigenvalue weighted by Gasteiger charge is -2.35. The first-order valence-electron chi connectivity index (χ1n) is 7.22. The first kappa shape index (κ1) is 15.9. The Balaban J connectivity index is 2.57. The second-order valence-electron chi connectivity index (χ2n) is 5.28. The zero-order valence-corrected chi connectivity index (χ0v) is 12.8. The van der Waals surface area contributed by atoms with Gasteiger partial charge in [0.25, 0.3) is 0 Å². The molecule has 0 amide bonds. The maximum absolute atomic E-state index is 12.2. The number of sulfonamides is 1. The van der Waals surface area contributed by atoms with Crippen molar-refractivity contribution >= 4 is 10.0 Å². The van der Waals surface area contributed by atoms with Crippen molar-refractivity contribution in [2.75, 3.05) is 25.4 Å². The summed E-state index contributed by atoms with van der Waals surface area (Å²) in [5.41, 5.74) is 0. The minimum absolute atomic E-state index is 0.311. The third kappa shape index (κ3) is 4.52. The molecule has 1 saturated heterocycles. The Bertz CT molecular complexity index is 330. The summed E-state index contributed by atoms with van der Waals surface area (Å²) >= 11 is 0. The van der Waals surface area contributed by atoms with E-state index in [0.29, 0.717) is 30.8 Å². The zero-order valence-electron chi connectivity index (χ0n) is 12.0. The zero-order chi connectivity index (χ0) is 13.6. The topological polar surface area (TPSA) is 49.4 Å². The number of hydrogen-bond acceptors (Lipinski definition) is 3. The number of nitrogens with one attached hydrogen (secondary N) is 1. The Morgan fingerprint density at radius 3 is 2.72 bits per heavy atom. The molecule has 4 nitrogen and oxygen atoms in total. The van der Waals surface area contributed by atoms with E-state index < -0.39 is 10.0 Å². The second kappa shape index (κ2) is 7.46. The Kier molecular flexibility index (Phi) is 6.60. The Morgan fingerprint density at radius 1 is 1.39 bits per heavy atom. The van der Waals surface area contributed by atoms with Gasteiger partial charge < -0.3 is 5.32 Å². The van der Waals surface area contributed by atoms with E-state index in [1.165, 1.54) is 0 Å². The van der Waals surface area contributed by atoms with Gasteiger partial charge in [0.05, 0.1) is 5.75 Å². The van der Waals surface area contributed by atoms with Crippen LogP contribution in [0.1, 0.15) is 46.5 Å². The van der Waals surface area contributed by atoms with Gasteiger partial charge in [0.1, 0.15) is 0 Å². The van der Waals surface area contributed by atoms with Gasteiger partial charge >= 0.3 is 0 Å². The largest absolute Gasteiger partial charge is 0.314 e. The minimum Gasteiger partial charge on any atom is -0.314 e. The van der Waals surface area contributed by atoms with Gasteiger partial charge in [-0.25, -0.2) is 12.7 Å². The average Bonchev–Trinajstić information content (AvgIpc) is 2.37. The van der Waals surface area contributed by atoms with Crippen molar-refractivity contribution in [2.45, 2.75) is 52.5 Å². The molecule has 108 valence electrons. The van der Waals surface area contributed by atoms with Gasteiger partial charge in [-0.05, 0) is 38.6 Å². The van der Waals surface area contributed by atoms with Crippen molar-refractivity contribution in [3.63, 3.8) is 0 Å². The lowest BCUT2D eigenvalue weighted by atomic mass is 9.93. The lowest BCUT2D eigenvalue weighted by Crippen LogP contribution is -2.47. The highest BCUT2D eigenvalue weighted by Gasteiger charge is 2.30. The molecule has 1 N–H and O–H groups in total. The minimum atomic E-state index is -3.02. The third-order valence-electron chi connectivity index (χ3n) is 3.80. The van der Waals surface area contributed by atoms with Crippen LogP contribution < -0.4 is 5.32 Å². The van der Waals surface area contributed by atoms with E-state index in [1.54, 1.807) is 4.31 Å². The van der Waals surface area contributed by atoms with Crippen LogP contribution >= 0.6 is 0 Å². The first-order chi connectivity index (χ1) is 8.51. The van der Waals surface area contributed by atoms with Crippen molar-refractivity contribution < 1.29 is 8.42 Å². The number of unbranched alkanes of at least 4 members (excludes halogenated alkanes) is 1. The SMILES string of the molecule is CCCCS(=O)(=O)N1CCCC(C(C)NCC)C1. The fourth-order valence-electron chi connectivity index (χ4n) is 2.58. The van der Waals surface area contributed by atoms with E-state index in [0.717, 1.165) is 32.2 Å². The summed E-state index contributed by atoms with van der Waals surface area (Å²) in [6, 6.07) is 0.402. The molecule has 1 rings (SSSR count). The molecule has 0 bridgehead atoms. The quantitative estimate of drug-likeness (QED) is 0.772. The molecule has 0 aromatic rings. The maximum Gasteiger partial charge on any atom is 0.214 e. The van der Waals surface area contributed by atoms with Crippen LogP contribution in [-0.4, -0.2) is 44.2 Å². The molecule has 0 aliphatic carbocycles. The molecule has 0 radical (unpaired) electrons. The number of rotatable bonds is 7. The molecular weight excluding hydrogens is 248 g/mol. The predicted octanol–water partition coefficient (Wildman–Crippen LogP) is 1.83. The van der Waals surface area contributed by atoms with Crippen LogP contribution in [0.5, 0.6) is 0 Å². The number of hydrogen-bond donors (Lipinski definition) is 1. The molecule has 18 heavy (non-hydrogen) atoms. The monoisotopic (exact) mass is 276 g/mol. The fourth-order valence-corrected chi connectivity index (χ4v) is 4.32. The van der Waals surface area contributed by atoms with Crippen LogP contribution in [-0.2, 0) is 10.0 Å². The Labute approximate surface area is 112 Å². The van der Waals surface area contributed by atoms with Crippen LogP contribution in [0.3, 0.4) is 0 Å². The summed E-state index contributed by atoms with van der Waals surface area (Å²) in [5.74, 6) is 0.765. The van der Waals surface area contributed by atoms with E-state index in [4.69, 9.17) is 0 Å². The summed E-state index contributed by atoms with van der Waals surface area (Å²) < 4.78 is 26.1. The van der Waals surface area contributed by atoms with Crippen molar-refractivity contribution in [3.05, 3.63) is 0 Å². The molecule has 5 heteroatoms. The van der Waals surface area contributed by atoms with Crippen molar-refractivity contribution in [1.82, 2.24) is 9.62 Å². The predicted molar refractivity (Wildman–Crippen MR) is 76.1 cm³/mol. The molecule has 2 unspecified atom stereocenters. The molecule has 2 atom stereocenters. The second-order valence-corrected chi connectivity index (χ2v) is 7.36. The highest BCUT2D eigenvalue weighted by Crippen LogP contribution is 2.22. The summed E-state index contributed by atoms with van der Waals surface area (Å²) in [5, 5.41) is 3.41. The lowest BCUT2D eigenvalue weighted by molar-refractivity contribution is 0.225. The molecule has 0 aromatic heterocycles. The van der Waals surface area contributed by atoms with E-state index in [-0.39, 0.29) is 0 Å². The van der Waals surface area contributed by atoms with Gasteiger partial charge in [-0.2, -0.15) is 0 Å². The highest BCUT2D eigenvalue weighted by atomic mass is 32.2. The van der Waals surface area contributed by atoms with Crippen LogP contribution in [0.2, 0.25) is 0 Å². The molecule has 1 aliphatic heterocycles. The molecule has 1 heterocycles. The van der Waals surface area contributed by atoms with Gasteiger partial charge in [0, 0.05) is 19.1 Å².